The molecule has 0 aromatic heterocycles. The van der Waals surface area contributed by atoms with Gasteiger partial charge in [0, 0.05) is 25.7 Å². The summed E-state index contributed by atoms with van der Waals surface area (Å²) in [5.41, 5.74) is 8.78. The molecule has 32 heavy (non-hydrogen) atoms. The number of amides is 1. The van der Waals surface area contributed by atoms with Gasteiger partial charge in [-0.15, -0.1) is 0 Å². The van der Waals surface area contributed by atoms with E-state index in [-0.39, 0.29) is 18.0 Å². The van der Waals surface area contributed by atoms with E-state index >= 15 is 0 Å². The molecule has 7 nitrogen and oxygen atoms in total. The number of anilines is 2. The highest BCUT2D eigenvalue weighted by Crippen LogP contribution is 2.33. The molecule has 1 aromatic carbocycles. The predicted octanol–water partition coefficient (Wildman–Crippen LogP) is 4.80. The van der Waals surface area contributed by atoms with Gasteiger partial charge in [0.15, 0.2) is 0 Å². The lowest BCUT2D eigenvalue weighted by Crippen LogP contribution is -2.49. The van der Waals surface area contributed by atoms with Gasteiger partial charge in [0.25, 0.3) is 0 Å². The SMILES string of the molecule is COC(=O)C[C@@H](C)c1ccc(N(CC(C)C)C2CCN(C(=O)OC(C)(C)C)CC2)c(N)c1. The molecule has 2 rings (SSSR count). The summed E-state index contributed by atoms with van der Waals surface area (Å²) in [6.07, 6.45) is 1.82. The van der Waals surface area contributed by atoms with Gasteiger partial charge < -0.3 is 25.0 Å². The van der Waals surface area contributed by atoms with Crippen LogP contribution in [0.25, 0.3) is 0 Å². The zero-order valence-electron chi connectivity index (χ0n) is 20.8. The van der Waals surface area contributed by atoms with Gasteiger partial charge in [-0.2, -0.15) is 0 Å². The summed E-state index contributed by atoms with van der Waals surface area (Å²) in [7, 11) is 1.41. The van der Waals surface area contributed by atoms with Gasteiger partial charge in [0.05, 0.1) is 24.9 Å². The van der Waals surface area contributed by atoms with Gasteiger partial charge in [0.2, 0.25) is 0 Å². The molecule has 0 spiro atoms. The minimum Gasteiger partial charge on any atom is -0.469 e. The lowest BCUT2D eigenvalue weighted by molar-refractivity contribution is -0.140. The van der Waals surface area contributed by atoms with Gasteiger partial charge >= 0.3 is 12.1 Å². The van der Waals surface area contributed by atoms with Crippen molar-refractivity contribution < 1.29 is 19.1 Å². The van der Waals surface area contributed by atoms with Crippen molar-refractivity contribution in [3.05, 3.63) is 23.8 Å². The van der Waals surface area contributed by atoms with Crippen LogP contribution < -0.4 is 10.6 Å². The quantitative estimate of drug-likeness (QED) is 0.477. The minimum atomic E-state index is -0.487. The molecule has 0 unspecified atom stereocenters. The molecule has 2 N–H and O–H groups in total. The fraction of sp³-hybridized carbons (Fsp3) is 0.680. The second kappa shape index (κ2) is 10.9. The summed E-state index contributed by atoms with van der Waals surface area (Å²) in [6, 6.07) is 6.41. The Bertz CT molecular complexity index is 780. The number of likely N-dealkylation sites (tertiary alicyclic amines) is 1. The van der Waals surface area contributed by atoms with Crippen molar-refractivity contribution in [2.75, 3.05) is 37.4 Å². The van der Waals surface area contributed by atoms with Crippen LogP contribution in [0.15, 0.2) is 18.2 Å². The summed E-state index contributed by atoms with van der Waals surface area (Å²) in [4.78, 5) is 28.3. The van der Waals surface area contributed by atoms with Gasteiger partial charge in [-0.1, -0.05) is 26.8 Å². The number of esters is 1. The number of nitrogen functional groups attached to an aromatic ring is 1. The lowest BCUT2D eigenvalue weighted by Gasteiger charge is -2.41. The highest BCUT2D eigenvalue weighted by molar-refractivity contribution is 5.72. The number of carbonyl (C=O) groups excluding carboxylic acids is 2. The summed E-state index contributed by atoms with van der Waals surface area (Å²) in [5, 5.41) is 0. The van der Waals surface area contributed by atoms with E-state index in [0.29, 0.717) is 31.5 Å². The molecule has 1 aliphatic rings. The van der Waals surface area contributed by atoms with Crippen LogP contribution in [0.4, 0.5) is 16.2 Å². The maximum Gasteiger partial charge on any atom is 0.410 e. The Balaban J connectivity index is 2.14. The van der Waals surface area contributed by atoms with Crippen LogP contribution in [0, 0.1) is 5.92 Å². The Morgan fingerprint density at radius 3 is 2.31 bits per heavy atom. The van der Waals surface area contributed by atoms with Gasteiger partial charge in [0.1, 0.15) is 5.60 Å². The van der Waals surface area contributed by atoms with Crippen molar-refractivity contribution >= 4 is 23.4 Å². The highest BCUT2D eigenvalue weighted by Gasteiger charge is 2.30. The number of piperidine rings is 1. The van der Waals surface area contributed by atoms with Crippen LogP contribution in [0.2, 0.25) is 0 Å². The molecule has 1 aliphatic heterocycles. The number of rotatable bonds is 7. The van der Waals surface area contributed by atoms with Crippen molar-refractivity contribution in [2.45, 2.75) is 78.4 Å². The van der Waals surface area contributed by atoms with E-state index in [9.17, 15) is 9.59 Å². The molecule has 7 heteroatoms. The topological polar surface area (TPSA) is 85.1 Å². The van der Waals surface area contributed by atoms with Crippen LogP contribution in [0.1, 0.15) is 72.3 Å². The maximum absolute atomic E-state index is 12.4. The van der Waals surface area contributed by atoms with Gasteiger partial charge in [-0.25, -0.2) is 4.79 Å². The average Bonchev–Trinajstić information content (AvgIpc) is 2.70. The first kappa shape index (κ1) is 25.8. The highest BCUT2D eigenvalue weighted by atomic mass is 16.6. The van der Waals surface area contributed by atoms with Crippen LogP contribution >= 0.6 is 0 Å². The third kappa shape index (κ3) is 7.31. The van der Waals surface area contributed by atoms with Crippen molar-refractivity contribution in [3.8, 4) is 0 Å². The Morgan fingerprint density at radius 2 is 1.81 bits per heavy atom. The molecule has 1 amide bonds. The summed E-state index contributed by atoms with van der Waals surface area (Å²) < 4.78 is 10.3. The Hall–Kier alpha value is -2.44. The summed E-state index contributed by atoms with van der Waals surface area (Å²) in [6.45, 7) is 14.3. The molecular formula is C25H41N3O4. The Kier molecular flexibility index (Phi) is 8.81. The molecule has 0 bridgehead atoms. The molecular weight excluding hydrogens is 406 g/mol. The monoisotopic (exact) mass is 447 g/mol. The molecule has 0 saturated carbocycles. The van der Waals surface area contributed by atoms with E-state index in [1.165, 1.54) is 7.11 Å². The number of methoxy groups -OCH3 is 1. The number of ether oxygens (including phenoxy) is 2. The first-order valence-electron chi connectivity index (χ1n) is 11.6. The van der Waals surface area contributed by atoms with Crippen LogP contribution in [-0.2, 0) is 14.3 Å². The zero-order valence-corrected chi connectivity index (χ0v) is 20.8. The van der Waals surface area contributed by atoms with E-state index in [1.807, 2.05) is 33.8 Å². The fourth-order valence-electron chi connectivity index (χ4n) is 4.12. The minimum absolute atomic E-state index is 0.0365. The number of hydrogen-bond donors (Lipinski definition) is 1. The third-order valence-electron chi connectivity index (χ3n) is 5.75. The van der Waals surface area contributed by atoms with E-state index < -0.39 is 5.60 Å². The first-order valence-corrected chi connectivity index (χ1v) is 11.6. The number of hydrogen-bond acceptors (Lipinski definition) is 6. The van der Waals surface area contributed by atoms with Crippen LogP contribution in [-0.4, -0.2) is 55.3 Å². The largest absolute Gasteiger partial charge is 0.469 e. The summed E-state index contributed by atoms with van der Waals surface area (Å²) >= 11 is 0. The maximum atomic E-state index is 12.4. The number of carbonyl (C=O) groups is 2. The average molecular weight is 448 g/mol. The summed E-state index contributed by atoms with van der Waals surface area (Å²) in [5.74, 6) is 0.281. The number of nitrogens with two attached hydrogens (primary N) is 1. The van der Waals surface area contributed by atoms with Gasteiger partial charge in [-0.3, -0.25) is 4.79 Å². The van der Waals surface area contributed by atoms with Crippen molar-refractivity contribution in [3.63, 3.8) is 0 Å². The standard InChI is InChI=1S/C25H41N3O4/c1-17(2)16-28(20-10-12-27(13-11-20)24(30)32-25(4,5)6)22-9-8-19(15-21(22)26)18(3)14-23(29)31-7/h8-9,15,17-18,20H,10-14,16,26H2,1-7H3/t18-/m1/s1. The molecule has 1 aromatic rings. The van der Waals surface area contributed by atoms with Crippen molar-refractivity contribution in [2.24, 2.45) is 5.92 Å². The number of benzene rings is 1. The Labute approximate surface area is 193 Å². The fourth-order valence-corrected chi connectivity index (χ4v) is 4.12. The second-order valence-corrected chi connectivity index (χ2v) is 10.2. The Morgan fingerprint density at radius 1 is 1.19 bits per heavy atom. The molecule has 0 radical (unpaired) electrons. The lowest BCUT2D eigenvalue weighted by atomic mass is 9.95. The van der Waals surface area contributed by atoms with Crippen molar-refractivity contribution in [1.29, 1.82) is 0 Å². The van der Waals surface area contributed by atoms with Crippen LogP contribution in [0.5, 0.6) is 0 Å². The van der Waals surface area contributed by atoms with Gasteiger partial charge in [-0.05, 0) is 63.1 Å². The zero-order chi connectivity index (χ0) is 24.1. The van der Waals surface area contributed by atoms with E-state index in [2.05, 4.69) is 30.9 Å². The van der Waals surface area contributed by atoms with E-state index in [1.54, 1.807) is 4.90 Å². The molecule has 1 heterocycles. The third-order valence-corrected chi connectivity index (χ3v) is 5.75. The molecule has 1 fully saturated rings. The van der Waals surface area contributed by atoms with E-state index in [0.717, 1.165) is 36.3 Å². The van der Waals surface area contributed by atoms with Crippen molar-refractivity contribution in [1.82, 2.24) is 4.90 Å². The van der Waals surface area contributed by atoms with E-state index in [4.69, 9.17) is 15.2 Å². The smallest absolute Gasteiger partial charge is 0.410 e. The normalized spacial score (nSPS) is 16.1. The molecule has 1 atom stereocenters. The number of nitrogens with zero attached hydrogens (tertiary/aromatic N) is 2. The molecule has 1 saturated heterocycles. The predicted molar refractivity (Wildman–Crippen MR) is 129 cm³/mol. The van der Waals surface area contributed by atoms with Crippen LogP contribution in [0.3, 0.4) is 0 Å². The first-order chi connectivity index (χ1) is 14.9. The second-order valence-electron chi connectivity index (χ2n) is 10.2. The molecule has 0 aliphatic carbocycles. The molecule has 180 valence electrons.